The molecule has 0 bridgehead atoms. The molecule has 90 valence electrons. The number of rotatable bonds is 2. The monoisotopic (exact) mass is 321 g/mol. The van der Waals surface area contributed by atoms with Crippen LogP contribution in [0, 0.1) is 5.82 Å². The maximum Gasteiger partial charge on any atom is 0.467 e. The summed E-state index contributed by atoms with van der Waals surface area (Å²) in [6.07, 6.45) is -1.14. The van der Waals surface area contributed by atoms with Gasteiger partial charge in [0.1, 0.15) is 0 Å². The van der Waals surface area contributed by atoms with Gasteiger partial charge in [-0.05, 0) is 12.1 Å². The van der Waals surface area contributed by atoms with Gasteiger partial charge in [-0.25, -0.2) is 9.18 Å². The molecular formula is C10H7BrFO4S+. The van der Waals surface area contributed by atoms with Crippen molar-refractivity contribution in [1.82, 2.24) is 0 Å². The summed E-state index contributed by atoms with van der Waals surface area (Å²) in [5.74, 6) is -2.00. The molecule has 0 amide bonds. The first-order chi connectivity index (χ1) is 8.02. The van der Waals surface area contributed by atoms with Crippen LogP contribution in [-0.4, -0.2) is 17.2 Å². The third-order valence-electron chi connectivity index (χ3n) is 2.46. The normalized spacial score (nSPS) is 22.5. The van der Waals surface area contributed by atoms with Crippen molar-refractivity contribution in [3.8, 4) is 5.75 Å². The molecule has 2 atom stereocenters. The van der Waals surface area contributed by atoms with Gasteiger partial charge in [0.2, 0.25) is 6.10 Å². The summed E-state index contributed by atoms with van der Waals surface area (Å²) in [5.41, 5.74) is 0.398. The van der Waals surface area contributed by atoms with Crippen LogP contribution in [0.15, 0.2) is 16.6 Å². The summed E-state index contributed by atoms with van der Waals surface area (Å²) in [6.45, 7) is 0. The van der Waals surface area contributed by atoms with Crippen molar-refractivity contribution < 1.29 is 23.2 Å². The number of carboxylic acid groups (broad SMARTS) is 1. The Labute approximate surface area is 108 Å². The maximum atomic E-state index is 13.6. The van der Waals surface area contributed by atoms with Crippen LogP contribution >= 0.6 is 15.9 Å². The Balaban J connectivity index is 2.51. The van der Waals surface area contributed by atoms with Crippen molar-refractivity contribution in [2.45, 2.75) is 17.8 Å². The van der Waals surface area contributed by atoms with Crippen molar-refractivity contribution in [2.75, 3.05) is 0 Å². The SMILES string of the molecule is O=[S+]C1CC(C(=O)O)Oc2c(F)cc(Br)cc21. The number of halogens is 2. The molecule has 1 aliphatic rings. The topological polar surface area (TPSA) is 63.6 Å². The van der Waals surface area contributed by atoms with E-state index in [-0.39, 0.29) is 23.8 Å². The summed E-state index contributed by atoms with van der Waals surface area (Å²) < 4.78 is 30.1. The van der Waals surface area contributed by atoms with Gasteiger partial charge in [-0.3, -0.25) is 0 Å². The Morgan fingerprint density at radius 2 is 2.29 bits per heavy atom. The molecule has 0 fully saturated rings. The molecule has 0 aromatic heterocycles. The molecule has 1 N–H and O–H groups in total. The van der Waals surface area contributed by atoms with Gasteiger partial charge in [-0.15, -0.1) is 0 Å². The fourth-order valence-corrected chi connectivity index (χ4v) is 2.68. The van der Waals surface area contributed by atoms with Gasteiger partial charge < -0.3 is 9.84 Å². The van der Waals surface area contributed by atoms with E-state index in [9.17, 15) is 13.4 Å². The number of fused-ring (bicyclic) bond motifs is 1. The molecule has 17 heavy (non-hydrogen) atoms. The molecular weight excluding hydrogens is 315 g/mol. The first kappa shape index (κ1) is 12.4. The van der Waals surface area contributed by atoms with Crippen LogP contribution in [-0.2, 0) is 20.7 Å². The summed E-state index contributed by atoms with van der Waals surface area (Å²) in [6, 6.07) is 2.75. The minimum Gasteiger partial charge on any atom is -0.479 e. The number of hydrogen-bond acceptors (Lipinski definition) is 3. The smallest absolute Gasteiger partial charge is 0.467 e. The molecule has 0 saturated heterocycles. The first-order valence-electron chi connectivity index (χ1n) is 4.70. The second kappa shape index (κ2) is 4.66. The van der Waals surface area contributed by atoms with Crippen LogP contribution in [0.25, 0.3) is 0 Å². The van der Waals surface area contributed by atoms with Gasteiger partial charge in [0, 0.05) is 8.68 Å². The first-order valence-corrected chi connectivity index (χ1v) is 6.29. The standard InChI is InChI=1S/C10H6BrFO4S/c11-4-1-5-8(17-15)3-7(10(13)14)16-9(5)6(12)2-4/h1-2,7-8H,3H2/p+1. The summed E-state index contributed by atoms with van der Waals surface area (Å²) >= 11 is 3.36. The predicted molar refractivity (Wildman–Crippen MR) is 61.6 cm³/mol. The van der Waals surface area contributed by atoms with E-state index in [0.717, 1.165) is 0 Å². The Bertz CT molecular complexity index is 493. The zero-order valence-corrected chi connectivity index (χ0v) is 10.8. The van der Waals surface area contributed by atoms with Crippen molar-refractivity contribution in [3.05, 3.63) is 28.0 Å². The average molecular weight is 322 g/mol. The summed E-state index contributed by atoms with van der Waals surface area (Å²) in [5, 5.41) is 8.24. The number of ether oxygens (including phenoxy) is 1. The molecule has 2 unspecified atom stereocenters. The lowest BCUT2D eigenvalue weighted by atomic mass is 10.0. The molecule has 0 spiro atoms. The molecule has 0 radical (unpaired) electrons. The summed E-state index contributed by atoms with van der Waals surface area (Å²) in [7, 11) is 0. The Morgan fingerprint density at radius 3 is 2.88 bits per heavy atom. The zero-order valence-electron chi connectivity index (χ0n) is 8.35. The fourth-order valence-electron chi connectivity index (χ4n) is 1.70. The average Bonchev–Trinajstić information content (AvgIpc) is 2.27. The third-order valence-corrected chi connectivity index (χ3v) is 3.60. The quantitative estimate of drug-likeness (QED) is 0.849. The van der Waals surface area contributed by atoms with E-state index in [1.165, 1.54) is 6.07 Å². The van der Waals surface area contributed by atoms with Gasteiger partial charge in [0.15, 0.2) is 11.6 Å². The van der Waals surface area contributed by atoms with Crippen LogP contribution in [0.3, 0.4) is 0 Å². The number of carboxylic acids is 1. The van der Waals surface area contributed by atoms with E-state index in [0.29, 0.717) is 10.0 Å². The van der Waals surface area contributed by atoms with Crippen LogP contribution in [0.5, 0.6) is 5.75 Å². The van der Waals surface area contributed by atoms with E-state index in [4.69, 9.17) is 9.84 Å². The molecule has 0 aliphatic carbocycles. The highest BCUT2D eigenvalue weighted by atomic mass is 79.9. The van der Waals surface area contributed by atoms with Gasteiger partial charge in [0.25, 0.3) is 5.25 Å². The van der Waals surface area contributed by atoms with Crippen molar-refractivity contribution in [3.63, 3.8) is 0 Å². The Morgan fingerprint density at radius 1 is 1.59 bits per heavy atom. The molecule has 4 nitrogen and oxygen atoms in total. The van der Waals surface area contributed by atoms with E-state index < -0.39 is 23.1 Å². The van der Waals surface area contributed by atoms with Gasteiger partial charge in [0.05, 0.1) is 12.0 Å². The van der Waals surface area contributed by atoms with Gasteiger partial charge >= 0.3 is 17.6 Å². The minimum atomic E-state index is -1.20. The maximum absolute atomic E-state index is 13.6. The number of hydrogen-bond donors (Lipinski definition) is 1. The second-order valence-corrected chi connectivity index (χ2v) is 5.25. The highest BCUT2D eigenvalue weighted by Crippen LogP contribution is 2.39. The lowest BCUT2D eigenvalue weighted by molar-refractivity contribution is -0.145. The molecule has 1 aromatic rings. The van der Waals surface area contributed by atoms with E-state index >= 15 is 0 Å². The zero-order chi connectivity index (χ0) is 12.6. The van der Waals surface area contributed by atoms with Crippen LogP contribution < -0.4 is 4.74 Å². The van der Waals surface area contributed by atoms with Gasteiger partial charge in [-0.2, -0.15) is 0 Å². The number of aliphatic carboxylic acids is 1. The van der Waals surface area contributed by atoms with Crippen LogP contribution in [0.1, 0.15) is 17.2 Å². The highest BCUT2D eigenvalue weighted by Gasteiger charge is 2.41. The van der Waals surface area contributed by atoms with Gasteiger partial charge in [-0.1, -0.05) is 15.9 Å². The second-order valence-electron chi connectivity index (χ2n) is 3.57. The van der Waals surface area contributed by atoms with E-state index in [2.05, 4.69) is 15.9 Å². The molecule has 7 heteroatoms. The van der Waals surface area contributed by atoms with E-state index in [1.54, 1.807) is 6.07 Å². The minimum absolute atomic E-state index is 0.0341. The molecule has 1 heterocycles. The van der Waals surface area contributed by atoms with Crippen LogP contribution in [0.2, 0.25) is 0 Å². The highest BCUT2D eigenvalue weighted by molar-refractivity contribution is 9.10. The summed E-state index contributed by atoms with van der Waals surface area (Å²) in [4.78, 5) is 10.8. The molecule has 2 rings (SSSR count). The van der Waals surface area contributed by atoms with Crippen molar-refractivity contribution in [2.24, 2.45) is 0 Å². The predicted octanol–water partition coefficient (Wildman–Crippen LogP) is 2.29. The van der Waals surface area contributed by atoms with Crippen molar-refractivity contribution in [1.29, 1.82) is 0 Å². The molecule has 1 aliphatic heterocycles. The van der Waals surface area contributed by atoms with E-state index in [1.807, 2.05) is 0 Å². The lowest BCUT2D eigenvalue weighted by Crippen LogP contribution is -2.33. The number of carbonyl (C=O) groups is 1. The molecule has 1 aromatic carbocycles. The largest absolute Gasteiger partial charge is 0.479 e. The molecule has 0 saturated carbocycles. The van der Waals surface area contributed by atoms with Crippen LogP contribution in [0.4, 0.5) is 4.39 Å². The fraction of sp³-hybridized carbons (Fsp3) is 0.300. The lowest BCUT2D eigenvalue weighted by Gasteiger charge is -2.23. The third kappa shape index (κ3) is 2.30. The van der Waals surface area contributed by atoms with Crippen molar-refractivity contribution >= 4 is 33.6 Å². The Kier molecular flexibility index (Phi) is 3.39. The number of benzene rings is 1. The Hall–Kier alpha value is -1.08.